The summed E-state index contributed by atoms with van der Waals surface area (Å²) >= 11 is 0. The molecule has 0 aromatic carbocycles. The van der Waals surface area contributed by atoms with E-state index in [-0.39, 0.29) is 18.4 Å². The maximum atomic E-state index is 11.4. The predicted molar refractivity (Wildman–Crippen MR) is 50.2 cm³/mol. The summed E-state index contributed by atoms with van der Waals surface area (Å²) in [4.78, 5) is 13.3. The number of likely N-dealkylation sites (N-methyl/N-ethyl adjacent to an activating group) is 1. The zero-order valence-corrected chi connectivity index (χ0v) is 8.29. The molecule has 0 aliphatic carbocycles. The van der Waals surface area contributed by atoms with Crippen LogP contribution in [0.2, 0.25) is 0 Å². The predicted octanol–water partition coefficient (Wildman–Crippen LogP) is -0.707. The lowest BCUT2D eigenvalue weighted by atomic mass is 10.00. The Balaban J connectivity index is 2.43. The molecular formula is C9H18N2O2. The van der Waals surface area contributed by atoms with Crippen LogP contribution in [0.4, 0.5) is 0 Å². The van der Waals surface area contributed by atoms with Crippen molar-refractivity contribution in [2.75, 3.05) is 33.3 Å². The number of hydrogen-bond acceptors (Lipinski definition) is 3. The highest BCUT2D eigenvalue weighted by Crippen LogP contribution is 2.21. The van der Waals surface area contributed by atoms with Gasteiger partial charge in [-0.2, -0.15) is 0 Å². The third-order valence-corrected chi connectivity index (χ3v) is 2.68. The Hall–Kier alpha value is -0.610. The number of amides is 1. The molecule has 0 spiro atoms. The van der Waals surface area contributed by atoms with Gasteiger partial charge >= 0.3 is 0 Å². The number of likely N-dealkylation sites (tertiary alicyclic amines) is 1. The molecule has 2 unspecified atom stereocenters. The maximum Gasteiger partial charge on any atom is 0.236 e. The third kappa shape index (κ3) is 2.42. The highest BCUT2D eigenvalue weighted by atomic mass is 16.3. The number of aliphatic hydroxyl groups is 1. The number of carbonyl (C=O) groups is 1. The monoisotopic (exact) mass is 186 g/mol. The van der Waals surface area contributed by atoms with E-state index in [1.165, 1.54) is 0 Å². The molecule has 1 saturated heterocycles. The van der Waals surface area contributed by atoms with Crippen molar-refractivity contribution < 1.29 is 9.90 Å². The first-order valence-corrected chi connectivity index (χ1v) is 4.72. The molecule has 0 bridgehead atoms. The molecule has 4 heteroatoms. The van der Waals surface area contributed by atoms with Gasteiger partial charge in [0.1, 0.15) is 0 Å². The fourth-order valence-corrected chi connectivity index (χ4v) is 1.74. The van der Waals surface area contributed by atoms with Crippen LogP contribution in [0.1, 0.15) is 6.92 Å². The molecule has 1 fully saturated rings. The van der Waals surface area contributed by atoms with E-state index < -0.39 is 0 Å². The van der Waals surface area contributed by atoms with Crippen LogP contribution in [0.25, 0.3) is 0 Å². The van der Waals surface area contributed by atoms with Gasteiger partial charge in [0.05, 0.1) is 6.54 Å². The first-order chi connectivity index (χ1) is 6.19. The summed E-state index contributed by atoms with van der Waals surface area (Å²) < 4.78 is 0. The van der Waals surface area contributed by atoms with Crippen molar-refractivity contribution >= 4 is 5.91 Å². The van der Waals surface area contributed by atoms with Crippen molar-refractivity contribution in [1.82, 2.24) is 10.2 Å². The summed E-state index contributed by atoms with van der Waals surface area (Å²) in [6.45, 7) is 4.15. The minimum absolute atomic E-state index is 0.130. The van der Waals surface area contributed by atoms with Gasteiger partial charge in [0.15, 0.2) is 0 Å². The molecule has 0 saturated carbocycles. The average molecular weight is 186 g/mol. The normalized spacial score (nSPS) is 28.1. The number of hydrogen-bond donors (Lipinski definition) is 2. The Morgan fingerprint density at radius 3 is 2.77 bits per heavy atom. The Kier molecular flexibility index (Phi) is 3.69. The first-order valence-electron chi connectivity index (χ1n) is 4.72. The van der Waals surface area contributed by atoms with Gasteiger partial charge in [0, 0.05) is 25.6 Å². The van der Waals surface area contributed by atoms with Crippen molar-refractivity contribution in [3.63, 3.8) is 0 Å². The summed E-state index contributed by atoms with van der Waals surface area (Å²) in [7, 11) is 1.76. The molecule has 4 nitrogen and oxygen atoms in total. The lowest BCUT2D eigenvalue weighted by Crippen LogP contribution is -2.35. The van der Waals surface area contributed by atoms with Gasteiger partial charge in [0.2, 0.25) is 5.91 Å². The van der Waals surface area contributed by atoms with E-state index in [1.54, 1.807) is 7.05 Å². The SMILES string of the molecule is CNCC(=O)N1CC(C)C(CO)C1. The van der Waals surface area contributed by atoms with Crippen molar-refractivity contribution in [1.29, 1.82) is 0 Å². The van der Waals surface area contributed by atoms with E-state index in [4.69, 9.17) is 5.11 Å². The lowest BCUT2D eigenvalue weighted by molar-refractivity contribution is -0.129. The van der Waals surface area contributed by atoms with Crippen LogP contribution in [0, 0.1) is 11.8 Å². The largest absolute Gasteiger partial charge is 0.396 e. The van der Waals surface area contributed by atoms with Crippen molar-refractivity contribution in [3.05, 3.63) is 0 Å². The van der Waals surface area contributed by atoms with Crippen LogP contribution in [0.3, 0.4) is 0 Å². The Morgan fingerprint density at radius 1 is 1.62 bits per heavy atom. The van der Waals surface area contributed by atoms with Crippen LogP contribution in [0.15, 0.2) is 0 Å². The summed E-state index contributed by atoms with van der Waals surface area (Å²) in [6, 6.07) is 0. The molecule has 1 aliphatic heterocycles. The minimum Gasteiger partial charge on any atom is -0.396 e. The smallest absolute Gasteiger partial charge is 0.236 e. The molecule has 1 aliphatic rings. The second-order valence-electron chi connectivity index (χ2n) is 3.75. The second-order valence-corrected chi connectivity index (χ2v) is 3.75. The number of rotatable bonds is 3. The van der Waals surface area contributed by atoms with Crippen LogP contribution in [0.5, 0.6) is 0 Å². The summed E-state index contributed by atoms with van der Waals surface area (Å²) in [5, 5.41) is 11.9. The molecule has 0 radical (unpaired) electrons. The van der Waals surface area contributed by atoms with Crippen LogP contribution in [-0.2, 0) is 4.79 Å². The van der Waals surface area contributed by atoms with E-state index in [9.17, 15) is 4.79 Å². The van der Waals surface area contributed by atoms with Gasteiger partial charge < -0.3 is 15.3 Å². The van der Waals surface area contributed by atoms with Crippen molar-refractivity contribution in [3.8, 4) is 0 Å². The van der Waals surface area contributed by atoms with Crippen molar-refractivity contribution in [2.45, 2.75) is 6.92 Å². The van der Waals surface area contributed by atoms with Crippen molar-refractivity contribution in [2.24, 2.45) is 11.8 Å². The topological polar surface area (TPSA) is 52.6 Å². The van der Waals surface area contributed by atoms with Crippen LogP contribution in [-0.4, -0.2) is 49.2 Å². The first kappa shape index (κ1) is 10.5. The highest BCUT2D eigenvalue weighted by Gasteiger charge is 2.31. The zero-order chi connectivity index (χ0) is 9.84. The molecule has 1 heterocycles. The Morgan fingerprint density at radius 2 is 2.31 bits per heavy atom. The molecule has 2 N–H and O–H groups in total. The number of carbonyl (C=O) groups excluding carboxylic acids is 1. The molecule has 0 aromatic rings. The van der Waals surface area contributed by atoms with Crippen LogP contribution >= 0.6 is 0 Å². The summed E-state index contributed by atoms with van der Waals surface area (Å²) in [5.74, 6) is 0.817. The number of nitrogens with zero attached hydrogens (tertiary/aromatic N) is 1. The van der Waals surface area contributed by atoms with Gasteiger partial charge in [-0.15, -0.1) is 0 Å². The van der Waals surface area contributed by atoms with E-state index in [0.29, 0.717) is 19.0 Å². The molecule has 1 amide bonds. The van der Waals surface area contributed by atoms with Crippen LogP contribution < -0.4 is 5.32 Å². The van der Waals surface area contributed by atoms with E-state index in [1.807, 2.05) is 4.90 Å². The van der Waals surface area contributed by atoms with E-state index in [0.717, 1.165) is 6.54 Å². The standard InChI is InChI=1S/C9H18N2O2/c1-7-4-11(5-8(7)6-12)9(13)3-10-2/h7-8,10,12H,3-6H2,1-2H3. The van der Waals surface area contributed by atoms with Gasteiger partial charge in [-0.25, -0.2) is 0 Å². The highest BCUT2D eigenvalue weighted by molar-refractivity contribution is 5.78. The second kappa shape index (κ2) is 4.58. The third-order valence-electron chi connectivity index (χ3n) is 2.68. The Bertz CT molecular complexity index is 184. The molecule has 76 valence electrons. The Labute approximate surface area is 78.9 Å². The van der Waals surface area contributed by atoms with Gasteiger partial charge in [-0.1, -0.05) is 6.92 Å². The zero-order valence-electron chi connectivity index (χ0n) is 8.29. The van der Waals surface area contributed by atoms with E-state index >= 15 is 0 Å². The number of aliphatic hydroxyl groups excluding tert-OH is 1. The van der Waals surface area contributed by atoms with Gasteiger partial charge in [0.25, 0.3) is 0 Å². The van der Waals surface area contributed by atoms with E-state index in [2.05, 4.69) is 12.2 Å². The summed E-state index contributed by atoms with van der Waals surface area (Å²) in [5.41, 5.74) is 0. The molecule has 13 heavy (non-hydrogen) atoms. The van der Waals surface area contributed by atoms with Gasteiger partial charge in [-0.05, 0) is 13.0 Å². The molecular weight excluding hydrogens is 168 g/mol. The molecule has 2 atom stereocenters. The maximum absolute atomic E-state index is 11.4. The minimum atomic E-state index is 0.130. The van der Waals surface area contributed by atoms with Gasteiger partial charge in [-0.3, -0.25) is 4.79 Å². The number of nitrogens with one attached hydrogen (secondary N) is 1. The summed E-state index contributed by atoms with van der Waals surface area (Å²) in [6.07, 6.45) is 0. The fourth-order valence-electron chi connectivity index (χ4n) is 1.74. The quantitative estimate of drug-likeness (QED) is 0.612. The average Bonchev–Trinajstić information content (AvgIpc) is 2.47. The lowest BCUT2D eigenvalue weighted by Gasteiger charge is -2.15. The molecule has 1 rings (SSSR count). The molecule has 0 aromatic heterocycles. The fraction of sp³-hybridized carbons (Fsp3) is 0.889.